The molecule has 1 amide bonds. The summed E-state index contributed by atoms with van der Waals surface area (Å²) in [6, 6.07) is -1.03. The summed E-state index contributed by atoms with van der Waals surface area (Å²) in [7, 11) is 0. The maximum Gasteiger partial charge on any atom is 0.306 e. The van der Waals surface area contributed by atoms with Crippen LogP contribution in [0.5, 0.6) is 0 Å². The van der Waals surface area contributed by atoms with Gasteiger partial charge in [0.25, 0.3) is 0 Å². The van der Waals surface area contributed by atoms with Crippen molar-refractivity contribution in [1.82, 2.24) is 5.32 Å². The van der Waals surface area contributed by atoms with E-state index in [9.17, 15) is 35.1 Å². The summed E-state index contributed by atoms with van der Waals surface area (Å²) >= 11 is 0. The van der Waals surface area contributed by atoms with Crippen LogP contribution in [0.3, 0.4) is 0 Å². The molecule has 1 rings (SSSR count). The van der Waals surface area contributed by atoms with Crippen LogP contribution in [0.25, 0.3) is 0 Å². The van der Waals surface area contributed by atoms with Gasteiger partial charge in [-0.1, -0.05) is 286 Å². The van der Waals surface area contributed by atoms with Gasteiger partial charge < -0.3 is 45.1 Å². The maximum absolute atomic E-state index is 13.5. The first-order valence-electron chi connectivity index (χ1n) is 35.4. The third-order valence-corrected chi connectivity index (χ3v) is 16.3. The van der Waals surface area contributed by atoms with Crippen LogP contribution in [0.4, 0.5) is 0 Å². The number of allylic oxidation sites excluding steroid dienone is 13. The van der Waals surface area contributed by atoms with E-state index in [-0.39, 0.29) is 19.4 Å². The summed E-state index contributed by atoms with van der Waals surface area (Å²) < 4.78 is 17.7. The predicted octanol–water partition coefficient (Wildman–Crippen LogP) is 18.1. The van der Waals surface area contributed by atoms with Crippen molar-refractivity contribution in [3.05, 3.63) is 85.1 Å². The smallest absolute Gasteiger partial charge is 0.306 e. The van der Waals surface area contributed by atoms with Gasteiger partial charge in [-0.2, -0.15) is 0 Å². The summed E-state index contributed by atoms with van der Waals surface area (Å²) in [4.78, 5) is 26.7. The van der Waals surface area contributed by atoms with Crippen LogP contribution in [0.15, 0.2) is 85.1 Å². The summed E-state index contributed by atoms with van der Waals surface area (Å²) in [6.07, 6.45) is 70.4. The largest absolute Gasteiger partial charge is 0.454 e. The Kier molecular flexibility index (Phi) is 57.4. The van der Waals surface area contributed by atoms with Gasteiger partial charge in [0.2, 0.25) is 5.91 Å². The molecule has 8 unspecified atom stereocenters. The Hall–Kier alpha value is -3.16. The molecule has 6 N–H and O–H groups in total. The van der Waals surface area contributed by atoms with Crippen molar-refractivity contribution in [2.24, 2.45) is 0 Å². The molecular weight excluding hydrogens is 1060 g/mol. The molecule has 0 radical (unpaired) electrons. The minimum atomic E-state index is -1.62. The highest BCUT2D eigenvalue weighted by Gasteiger charge is 2.47. The van der Waals surface area contributed by atoms with Gasteiger partial charge in [-0.15, -0.1) is 0 Å². The van der Waals surface area contributed by atoms with Crippen LogP contribution in [0.2, 0.25) is 0 Å². The van der Waals surface area contributed by atoms with Gasteiger partial charge in [0.1, 0.15) is 24.4 Å². The Morgan fingerprint density at radius 2 is 0.812 bits per heavy atom. The Morgan fingerprint density at radius 1 is 0.459 bits per heavy atom. The third-order valence-electron chi connectivity index (χ3n) is 16.3. The number of aliphatic hydroxyl groups is 5. The molecule has 1 aliphatic rings. The number of ether oxygens (including phenoxy) is 3. The van der Waals surface area contributed by atoms with E-state index in [4.69, 9.17) is 14.2 Å². The first kappa shape index (κ1) is 79.9. The fourth-order valence-electron chi connectivity index (χ4n) is 10.7. The molecule has 1 fully saturated rings. The van der Waals surface area contributed by atoms with E-state index in [0.29, 0.717) is 12.8 Å². The molecule has 1 heterocycles. The van der Waals surface area contributed by atoms with Crippen LogP contribution in [-0.2, 0) is 23.8 Å². The van der Waals surface area contributed by atoms with Gasteiger partial charge in [0, 0.05) is 6.42 Å². The maximum atomic E-state index is 13.5. The van der Waals surface area contributed by atoms with E-state index < -0.39 is 67.4 Å². The second-order valence-electron chi connectivity index (χ2n) is 24.3. The number of carbonyl (C=O) groups is 2. The average Bonchev–Trinajstić information content (AvgIpc) is 3.69. The van der Waals surface area contributed by atoms with E-state index in [1.54, 1.807) is 6.08 Å². The highest BCUT2D eigenvalue weighted by molar-refractivity contribution is 5.80. The molecule has 11 heteroatoms. The number of rotatable bonds is 60. The SMILES string of the molecule is CCCCC/C=C\C/C=C\C/C=C\CCCCCCCCCCCCCC(O)C(=O)NC(COC1OC(CO)C(O)C(O)C1OC(=O)CCCCCCCCCC/C=C\C/C=C\C/C=C\CCCCC)C(O)/C=C/CCCCCCCCCCC. The van der Waals surface area contributed by atoms with Crippen molar-refractivity contribution in [3.63, 3.8) is 0 Å². The Bertz CT molecular complexity index is 1710. The molecule has 85 heavy (non-hydrogen) atoms. The van der Waals surface area contributed by atoms with Crippen molar-refractivity contribution in [2.75, 3.05) is 13.2 Å². The standard InChI is InChI=1S/C74H131NO10/c1-4-7-10-13-16-19-22-24-26-28-30-32-33-34-36-37-39-41-43-46-49-52-55-58-61-67(78)73(82)75-65(66(77)60-57-54-51-48-45-21-18-15-12-9-6-3)64-83-74-72(71(81)70(80)68(63-76)84-74)85-69(79)62-59-56-53-50-47-44-42-40-38-35-31-29-27-25-23-20-17-14-11-8-5-2/h16-17,19-20,24-27,30-32,35,57,60,65-68,70-72,74,76-78,80-81H,4-15,18,21-23,28-29,33-34,36-56,58-59,61-64H2,1-3H3,(H,75,82)/b19-16-,20-17-,26-24-,27-25-,32-30-,35-31-,60-57+. The Labute approximate surface area is 521 Å². The summed E-state index contributed by atoms with van der Waals surface area (Å²) in [5, 5.41) is 57.2. The normalized spacial score (nSPS) is 18.9. The second-order valence-corrected chi connectivity index (χ2v) is 24.3. The Balaban J connectivity index is 2.57. The fraction of sp³-hybridized carbons (Fsp3) is 0.784. The molecule has 11 nitrogen and oxygen atoms in total. The van der Waals surface area contributed by atoms with E-state index in [2.05, 4.69) is 99.0 Å². The second kappa shape index (κ2) is 61.1. The minimum Gasteiger partial charge on any atom is -0.454 e. The highest BCUT2D eigenvalue weighted by Crippen LogP contribution is 2.26. The summed E-state index contributed by atoms with van der Waals surface area (Å²) in [6.45, 7) is 5.75. The molecule has 0 bridgehead atoms. The lowest BCUT2D eigenvalue weighted by atomic mass is 9.99. The molecule has 0 aromatic heterocycles. The topological polar surface area (TPSA) is 175 Å². The molecule has 492 valence electrons. The quantitative estimate of drug-likeness (QED) is 0.0195. The van der Waals surface area contributed by atoms with E-state index >= 15 is 0 Å². The fourth-order valence-corrected chi connectivity index (χ4v) is 10.7. The molecule has 0 spiro atoms. The monoisotopic (exact) mass is 1190 g/mol. The van der Waals surface area contributed by atoms with Crippen LogP contribution < -0.4 is 5.32 Å². The summed E-state index contributed by atoms with van der Waals surface area (Å²) in [5.74, 6) is -1.20. The van der Waals surface area contributed by atoms with Crippen molar-refractivity contribution >= 4 is 11.9 Å². The van der Waals surface area contributed by atoms with Crippen molar-refractivity contribution in [3.8, 4) is 0 Å². The van der Waals surface area contributed by atoms with Crippen LogP contribution in [0.1, 0.15) is 310 Å². The predicted molar refractivity (Wildman–Crippen MR) is 356 cm³/mol. The lowest BCUT2D eigenvalue weighted by Gasteiger charge is -2.41. The molecule has 0 aromatic rings. The van der Waals surface area contributed by atoms with Crippen molar-refractivity contribution < 1.29 is 49.3 Å². The van der Waals surface area contributed by atoms with Gasteiger partial charge in [-0.25, -0.2) is 0 Å². The van der Waals surface area contributed by atoms with E-state index in [0.717, 1.165) is 103 Å². The molecule has 0 aliphatic carbocycles. The zero-order chi connectivity index (χ0) is 61.7. The van der Waals surface area contributed by atoms with Crippen LogP contribution >= 0.6 is 0 Å². The zero-order valence-electron chi connectivity index (χ0n) is 54.7. The lowest BCUT2D eigenvalue weighted by molar-refractivity contribution is -0.305. The molecule has 8 atom stereocenters. The number of unbranched alkanes of at least 4 members (excludes halogenated alkanes) is 34. The molecular formula is C74H131NO10. The van der Waals surface area contributed by atoms with Crippen molar-refractivity contribution in [2.45, 2.75) is 359 Å². The van der Waals surface area contributed by atoms with Crippen LogP contribution in [-0.4, -0.2) is 99.6 Å². The zero-order valence-corrected chi connectivity index (χ0v) is 54.7. The average molecular weight is 1190 g/mol. The number of esters is 1. The van der Waals surface area contributed by atoms with Crippen LogP contribution in [0, 0.1) is 0 Å². The minimum absolute atomic E-state index is 0.113. The number of nitrogens with one attached hydrogen (secondary N) is 1. The van der Waals surface area contributed by atoms with E-state index in [1.165, 1.54) is 161 Å². The van der Waals surface area contributed by atoms with Crippen molar-refractivity contribution in [1.29, 1.82) is 0 Å². The molecule has 1 aliphatic heterocycles. The lowest BCUT2D eigenvalue weighted by Crippen LogP contribution is -2.61. The summed E-state index contributed by atoms with van der Waals surface area (Å²) in [5.41, 5.74) is 0. The molecule has 1 saturated heterocycles. The number of carbonyl (C=O) groups excluding carboxylic acids is 2. The number of amides is 1. The first-order valence-corrected chi connectivity index (χ1v) is 35.4. The van der Waals surface area contributed by atoms with Gasteiger partial charge in [-0.05, 0) is 103 Å². The Morgan fingerprint density at radius 3 is 1.24 bits per heavy atom. The van der Waals surface area contributed by atoms with Gasteiger partial charge >= 0.3 is 5.97 Å². The first-order chi connectivity index (χ1) is 41.7. The number of aliphatic hydroxyl groups excluding tert-OH is 5. The van der Waals surface area contributed by atoms with Gasteiger partial charge in [0.15, 0.2) is 12.4 Å². The molecule has 0 aromatic carbocycles. The van der Waals surface area contributed by atoms with E-state index in [1.807, 2.05) is 6.08 Å². The number of hydrogen-bond acceptors (Lipinski definition) is 10. The van der Waals surface area contributed by atoms with Gasteiger partial charge in [0.05, 0.1) is 25.4 Å². The third kappa shape index (κ3) is 48.4. The molecule has 0 saturated carbocycles. The van der Waals surface area contributed by atoms with Gasteiger partial charge in [-0.3, -0.25) is 9.59 Å². The number of hydrogen-bond donors (Lipinski definition) is 6. The highest BCUT2D eigenvalue weighted by atomic mass is 16.7.